The summed E-state index contributed by atoms with van der Waals surface area (Å²) in [4.78, 5) is 50.7. The molecule has 0 saturated carbocycles. The molecule has 0 aromatic heterocycles. The predicted octanol–water partition coefficient (Wildman–Crippen LogP) is 6.70. The van der Waals surface area contributed by atoms with Gasteiger partial charge in [-0.05, 0) is 56.2 Å². The van der Waals surface area contributed by atoms with E-state index in [4.69, 9.17) is 4.74 Å². The van der Waals surface area contributed by atoms with Gasteiger partial charge in [0.25, 0.3) is 0 Å². The number of likely N-dealkylation sites (N-methyl/N-ethyl adjacent to an activating group) is 1. The molecule has 1 rings (SSSR count). The number of rotatable bonds is 27. The molecule has 0 bridgehead atoms. The van der Waals surface area contributed by atoms with E-state index in [0.717, 1.165) is 62.7 Å². The quantitative estimate of drug-likeness (QED) is 0.0617. The molecule has 4 N–H and O–H groups in total. The van der Waals surface area contributed by atoms with E-state index in [1.54, 1.807) is 13.0 Å². The normalized spacial score (nSPS) is 13.9. The highest BCUT2D eigenvalue weighted by Gasteiger charge is 2.46. The maximum atomic E-state index is 13.6. The summed E-state index contributed by atoms with van der Waals surface area (Å²) < 4.78 is 5.71. The molecule has 260 valence electrons. The molecule has 1 aromatic rings. The fourth-order valence-corrected chi connectivity index (χ4v) is 5.40. The first kappa shape index (κ1) is 40.8. The Hall–Kier alpha value is -3.20. The Labute approximate surface area is 277 Å². The summed E-state index contributed by atoms with van der Waals surface area (Å²) in [6.07, 6.45) is 16.7. The summed E-state index contributed by atoms with van der Waals surface area (Å²) in [6.45, 7) is 6.63. The summed E-state index contributed by atoms with van der Waals surface area (Å²) in [6, 6.07) is 6.32. The summed E-state index contributed by atoms with van der Waals surface area (Å²) in [5.41, 5.74) is -1.53. The van der Waals surface area contributed by atoms with Crippen molar-refractivity contribution >= 4 is 23.6 Å². The number of allylic oxidation sites excluding steroid dienone is 1. The van der Waals surface area contributed by atoms with Gasteiger partial charge in [0.15, 0.2) is 5.60 Å². The van der Waals surface area contributed by atoms with E-state index in [1.165, 1.54) is 32.4 Å². The molecule has 46 heavy (non-hydrogen) atoms. The fraction of sp³-hybridized carbons (Fsp3) is 0.676. The van der Waals surface area contributed by atoms with E-state index in [-0.39, 0.29) is 12.8 Å². The zero-order valence-electron chi connectivity index (χ0n) is 28.8. The van der Waals surface area contributed by atoms with Crippen molar-refractivity contribution in [3.05, 3.63) is 42.0 Å². The Bertz CT molecular complexity index is 1060. The highest BCUT2D eigenvalue weighted by molar-refractivity contribution is 5.93. The summed E-state index contributed by atoms with van der Waals surface area (Å²) >= 11 is 0. The number of ether oxygens (including phenoxy) is 1. The molecule has 3 atom stereocenters. The lowest BCUT2D eigenvalue weighted by atomic mass is 9.82. The van der Waals surface area contributed by atoms with Crippen LogP contribution in [0.2, 0.25) is 0 Å². The van der Waals surface area contributed by atoms with Crippen LogP contribution in [0.5, 0.6) is 5.75 Å². The Balaban J connectivity index is 2.81. The van der Waals surface area contributed by atoms with Crippen LogP contribution in [-0.4, -0.2) is 59.1 Å². The van der Waals surface area contributed by atoms with Gasteiger partial charge in [-0.1, -0.05) is 96.4 Å². The molecule has 0 aliphatic heterocycles. The number of carboxylic acid groups (broad SMARTS) is 1. The third-order valence-corrected chi connectivity index (χ3v) is 8.27. The average molecular weight is 645 g/mol. The molecule has 0 radical (unpaired) electrons. The average Bonchev–Trinajstić information content (AvgIpc) is 3.04. The second kappa shape index (κ2) is 24.0. The van der Waals surface area contributed by atoms with Crippen molar-refractivity contribution in [2.24, 2.45) is 5.92 Å². The van der Waals surface area contributed by atoms with Crippen molar-refractivity contribution in [2.45, 2.75) is 142 Å². The lowest BCUT2D eigenvalue weighted by Crippen LogP contribution is -2.55. The number of carboxylic acids is 1. The Morgan fingerprint density at radius 2 is 1.43 bits per heavy atom. The molecule has 9 nitrogen and oxygen atoms in total. The molecule has 0 aliphatic rings. The van der Waals surface area contributed by atoms with Crippen molar-refractivity contribution in [3.63, 3.8) is 0 Å². The minimum atomic E-state index is -2.32. The third kappa shape index (κ3) is 15.9. The monoisotopic (exact) mass is 644 g/mol. The second-order valence-electron chi connectivity index (χ2n) is 12.3. The van der Waals surface area contributed by atoms with Crippen LogP contribution in [0.1, 0.15) is 129 Å². The van der Waals surface area contributed by atoms with Gasteiger partial charge in [-0.3, -0.25) is 14.4 Å². The summed E-state index contributed by atoms with van der Waals surface area (Å²) in [5, 5.41) is 26.4. The van der Waals surface area contributed by atoms with Crippen LogP contribution in [0.3, 0.4) is 0 Å². The largest absolute Gasteiger partial charge is 0.494 e. The van der Waals surface area contributed by atoms with Gasteiger partial charge in [-0.25, -0.2) is 4.79 Å². The number of hydrogen-bond acceptors (Lipinski definition) is 6. The van der Waals surface area contributed by atoms with E-state index in [9.17, 15) is 29.4 Å². The van der Waals surface area contributed by atoms with Crippen LogP contribution < -0.4 is 15.4 Å². The molecule has 0 saturated heterocycles. The lowest BCUT2D eigenvalue weighted by Gasteiger charge is -2.31. The minimum absolute atomic E-state index is 0.123. The highest BCUT2D eigenvalue weighted by atomic mass is 16.5. The van der Waals surface area contributed by atoms with E-state index < -0.39 is 35.3 Å². The van der Waals surface area contributed by atoms with Crippen LogP contribution in [-0.2, 0) is 25.6 Å². The molecule has 2 amide bonds. The number of hydrogen-bond donors (Lipinski definition) is 4. The molecule has 0 unspecified atom stereocenters. The Morgan fingerprint density at radius 3 is 2.00 bits per heavy atom. The number of aliphatic hydroxyl groups is 1. The molecular formula is C37H60N2O7. The van der Waals surface area contributed by atoms with Crippen molar-refractivity contribution in [3.8, 4) is 5.75 Å². The topological polar surface area (TPSA) is 142 Å². The van der Waals surface area contributed by atoms with Gasteiger partial charge in [0.05, 0.1) is 12.5 Å². The number of carbonyl (C=O) groups excluding carboxylic acids is 3. The molecule has 0 spiro atoms. The van der Waals surface area contributed by atoms with Crippen LogP contribution in [0.4, 0.5) is 0 Å². The number of carbonyl (C=O) groups is 4. The number of amides is 2. The zero-order valence-corrected chi connectivity index (χ0v) is 28.8. The molecule has 1 aromatic carbocycles. The standard InChI is InChI=1S/C37H60N2O7/c1-5-8-10-13-16-19-30(40)20-17-14-11-12-15-18-21-32(37(45,26-7-3)36(43)44)34(41)39-33(35(42)38-4)28-29-22-24-31(25-23-29)46-27-9-6-2/h18,21-25,32-33,45H,5-17,19-20,26-28H2,1-4H3,(H,38,42)(H,39,41)(H,43,44)/b21-18+/t32-,33+,37+/m1/s1. The molecule has 0 fully saturated rings. The smallest absolute Gasteiger partial charge is 0.336 e. The maximum Gasteiger partial charge on any atom is 0.336 e. The van der Waals surface area contributed by atoms with Gasteiger partial charge in [0.1, 0.15) is 17.6 Å². The lowest BCUT2D eigenvalue weighted by molar-refractivity contribution is -0.167. The number of aliphatic carboxylic acids is 1. The first-order valence-electron chi connectivity index (χ1n) is 17.5. The third-order valence-electron chi connectivity index (χ3n) is 8.27. The molecule has 0 heterocycles. The number of nitrogens with one attached hydrogen (secondary N) is 2. The summed E-state index contributed by atoms with van der Waals surface area (Å²) in [7, 11) is 1.47. The van der Waals surface area contributed by atoms with Crippen molar-refractivity contribution in [1.82, 2.24) is 10.6 Å². The van der Waals surface area contributed by atoms with E-state index in [1.807, 2.05) is 24.3 Å². The first-order valence-corrected chi connectivity index (χ1v) is 17.5. The van der Waals surface area contributed by atoms with Gasteiger partial charge < -0.3 is 25.6 Å². The number of ketones is 1. The van der Waals surface area contributed by atoms with Gasteiger partial charge in [-0.15, -0.1) is 0 Å². The molecule has 9 heteroatoms. The predicted molar refractivity (Wildman–Crippen MR) is 183 cm³/mol. The van der Waals surface area contributed by atoms with E-state index in [2.05, 4.69) is 24.5 Å². The van der Waals surface area contributed by atoms with Gasteiger partial charge >= 0.3 is 5.97 Å². The minimum Gasteiger partial charge on any atom is -0.494 e. The zero-order chi connectivity index (χ0) is 34.2. The van der Waals surface area contributed by atoms with Gasteiger partial charge in [-0.2, -0.15) is 0 Å². The molecular weight excluding hydrogens is 584 g/mol. The Morgan fingerprint density at radius 1 is 0.826 bits per heavy atom. The van der Waals surface area contributed by atoms with Gasteiger partial charge in [0.2, 0.25) is 11.8 Å². The second-order valence-corrected chi connectivity index (χ2v) is 12.3. The van der Waals surface area contributed by atoms with Crippen LogP contribution in [0.15, 0.2) is 36.4 Å². The maximum absolute atomic E-state index is 13.6. The number of Topliss-reactive ketones (excluding diaryl/α,β-unsaturated/α-hetero) is 1. The van der Waals surface area contributed by atoms with Crippen LogP contribution >= 0.6 is 0 Å². The highest BCUT2D eigenvalue weighted by Crippen LogP contribution is 2.27. The first-order chi connectivity index (χ1) is 22.1. The van der Waals surface area contributed by atoms with Crippen LogP contribution in [0, 0.1) is 5.92 Å². The SMILES string of the molecule is CCCCCCCC(=O)CCCCCC/C=C/[C@H](C(=O)N[C@@H](Cc1ccc(OCCCC)cc1)C(=O)NC)[C@@](O)(CCC)C(=O)O. The summed E-state index contributed by atoms with van der Waals surface area (Å²) in [5.74, 6) is -2.97. The van der Waals surface area contributed by atoms with E-state index >= 15 is 0 Å². The van der Waals surface area contributed by atoms with Crippen molar-refractivity contribution in [2.75, 3.05) is 13.7 Å². The van der Waals surface area contributed by atoms with Crippen molar-refractivity contribution in [1.29, 1.82) is 0 Å². The van der Waals surface area contributed by atoms with Crippen LogP contribution in [0.25, 0.3) is 0 Å². The molecule has 0 aliphatic carbocycles. The van der Waals surface area contributed by atoms with E-state index in [0.29, 0.717) is 38.1 Å². The fourth-order valence-electron chi connectivity index (χ4n) is 5.40. The Kier molecular flexibility index (Phi) is 21.3. The number of unbranched alkanes of at least 4 members (excludes halogenated alkanes) is 9. The van der Waals surface area contributed by atoms with Gasteiger partial charge in [0, 0.05) is 26.3 Å². The number of benzene rings is 1. The van der Waals surface area contributed by atoms with Crippen molar-refractivity contribution < 1.29 is 34.1 Å².